The largest absolute Gasteiger partial charge is 0.298 e. The molecule has 2 aromatic carbocycles. The number of aromatic amines is 1. The molecule has 1 N–H and O–H groups in total. The van der Waals surface area contributed by atoms with Crippen molar-refractivity contribution in [2.24, 2.45) is 0 Å². The smallest absolute Gasteiger partial charge is 0.159 e. The zero-order valence-corrected chi connectivity index (χ0v) is 14.0. The monoisotopic (exact) mass is 357 g/mol. The summed E-state index contributed by atoms with van der Waals surface area (Å²) in [4.78, 5) is 2.20. The molecule has 4 rings (SSSR count). The van der Waals surface area contributed by atoms with Gasteiger partial charge in [0.1, 0.15) is 5.82 Å². The van der Waals surface area contributed by atoms with E-state index in [9.17, 15) is 13.2 Å². The first-order valence-electron chi connectivity index (χ1n) is 8.51. The average Bonchev–Trinajstić information content (AvgIpc) is 3.28. The van der Waals surface area contributed by atoms with Crippen molar-refractivity contribution in [1.82, 2.24) is 15.1 Å². The highest BCUT2D eigenvalue weighted by Crippen LogP contribution is 2.39. The maximum Gasteiger partial charge on any atom is 0.159 e. The van der Waals surface area contributed by atoms with E-state index in [1.165, 1.54) is 18.2 Å². The Morgan fingerprint density at radius 1 is 0.923 bits per heavy atom. The fourth-order valence-corrected chi connectivity index (χ4v) is 3.75. The molecular weight excluding hydrogens is 339 g/mol. The molecule has 2 heterocycles. The molecule has 3 aromatic rings. The molecule has 1 aliphatic rings. The molecule has 0 unspecified atom stereocenters. The predicted molar refractivity (Wildman–Crippen MR) is 92.1 cm³/mol. The highest BCUT2D eigenvalue weighted by molar-refractivity contribution is 5.29. The Kier molecular flexibility index (Phi) is 4.51. The molecule has 1 aromatic heterocycles. The van der Waals surface area contributed by atoms with E-state index < -0.39 is 11.6 Å². The number of nitrogens with one attached hydrogen (secondary N) is 1. The van der Waals surface area contributed by atoms with Crippen LogP contribution in [0.5, 0.6) is 0 Å². The fraction of sp³-hybridized carbons (Fsp3) is 0.250. The lowest BCUT2D eigenvalue weighted by atomic mass is 9.87. The normalized spacial score (nSPS) is 20.6. The molecule has 0 radical (unpaired) electrons. The van der Waals surface area contributed by atoms with Crippen molar-refractivity contribution in [1.29, 1.82) is 0 Å². The van der Waals surface area contributed by atoms with E-state index in [0.717, 1.165) is 36.0 Å². The molecular formula is C20H18F3N3. The van der Waals surface area contributed by atoms with Crippen molar-refractivity contribution in [2.75, 3.05) is 13.1 Å². The van der Waals surface area contributed by atoms with Crippen LogP contribution in [0.25, 0.3) is 0 Å². The van der Waals surface area contributed by atoms with Crippen molar-refractivity contribution in [3.05, 3.63) is 89.0 Å². The molecule has 134 valence electrons. The van der Waals surface area contributed by atoms with Crippen LogP contribution in [0, 0.1) is 17.5 Å². The summed E-state index contributed by atoms with van der Waals surface area (Å²) in [7, 11) is 0. The molecule has 2 atom stereocenters. The number of hydrogen-bond donors (Lipinski definition) is 1. The highest BCUT2D eigenvalue weighted by atomic mass is 19.2. The summed E-state index contributed by atoms with van der Waals surface area (Å²) in [6.07, 6.45) is 1.72. The Morgan fingerprint density at radius 3 is 2.38 bits per heavy atom. The standard InChI is InChI=1S/C20H18F3N3/c21-15-4-2-14(3-5-15)16-11-26(12-17(16)20-7-8-24-25-20)10-13-1-6-18(22)19(23)9-13/h1-9,16-17H,10-12H2,(H,24,25)/t16-,17+/m0/s1. The summed E-state index contributed by atoms with van der Waals surface area (Å²) in [6, 6.07) is 12.5. The Morgan fingerprint density at radius 2 is 1.69 bits per heavy atom. The summed E-state index contributed by atoms with van der Waals surface area (Å²) in [6.45, 7) is 2.02. The second kappa shape index (κ2) is 6.96. The van der Waals surface area contributed by atoms with Crippen molar-refractivity contribution in [2.45, 2.75) is 18.4 Å². The van der Waals surface area contributed by atoms with Gasteiger partial charge in [-0.1, -0.05) is 18.2 Å². The van der Waals surface area contributed by atoms with E-state index in [2.05, 4.69) is 15.1 Å². The van der Waals surface area contributed by atoms with Crippen LogP contribution >= 0.6 is 0 Å². The van der Waals surface area contributed by atoms with Gasteiger partial charge in [0, 0.05) is 43.4 Å². The SMILES string of the molecule is Fc1ccc([C@@H]2CN(Cc3ccc(F)c(F)c3)C[C@H]2c2ccn[nH]2)cc1. The van der Waals surface area contributed by atoms with Gasteiger partial charge in [-0.15, -0.1) is 0 Å². The summed E-state index contributed by atoms with van der Waals surface area (Å²) in [5.74, 6) is -1.59. The van der Waals surface area contributed by atoms with E-state index in [0.29, 0.717) is 6.54 Å². The molecule has 0 spiro atoms. The molecule has 1 saturated heterocycles. The first kappa shape index (κ1) is 16.8. The zero-order chi connectivity index (χ0) is 18.1. The van der Waals surface area contributed by atoms with Crippen LogP contribution in [-0.4, -0.2) is 28.2 Å². The van der Waals surface area contributed by atoms with Gasteiger partial charge < -0.3 is 0 Å². The van der Waals surface area contributed by atoms with Crippen LogP contribution in [0.1, 0.15) is 28.7 Å². The molecule has 0 amide bonds. The summed E-state index contributed by atoms with van der Waals surface area (Å²) in [5.41, 5.74) is 2.80. The van der Waals surface area contributed by atoms with Gasteiger partial charge in [-0.25, -0.2) is 13.2 Å². The molecule has 3 nitrogen and oxygen atoms in total. The number of aromatic nitrogens is 2. The summed E-state index contributed by atoms with van der Waals surface area (Å²) < 4.78 is 39.9. The van der Waals surface area contributed by atoms with Gasteiger partial charge >= 0.3 is 0 Å². The van der Waals surface area contributed by atoms with E-state index in [-0.39, 0.29) is 17.7 Å². The average molecular weight is 357 g/mol. The van der Waals surface area contributed by atoms with Crippen LogP contribution in [-0.2, 0) is 6.54 Å². The number of hydrogen-bond acceptors (Lipinski definition) is 2. The maximum atomic E-state index is 13.5. The third-order valence-electron chi connectivity index (χ3n) is 5.01. The lowest BCUT2D eigenvalue weighted by Crippen LogP contribution is -2.20. The van der Waals surface area contributed by atoms with Gasteiger partial charge in [-0.2, -0.15) is 5.10 Å². The van der Waals surface area contributed by atoms with E-state index in [1.807, 2.05) is 18.2 Å². The number of benzene rings is 2. The van der Waals surface area contributed by atoms with Gasteiger partial charge in [0.05, 0.1) is 0 Å². The minimum atomic E-state index is -0.838. The Hall–Kier alpha value is -2.60. The van der Waals surface area contributed by atoms with Crippen LogP contribution in [0.3, 0.4) is 0 Å². The second-order valence-electron chi connectivity index (χ2n) is 6.72. The van der Waals surface area contributed by atoms with Crippen LogP contribution in [0.15, 0.2) is 54.7 Å². The summed E-state index contributed by atoms with van der Waals surface area (Å²) in [5, 5.41) is 7.08. The van der Waals surface area contributed by atoms with Gasteiger partial charge in [0.2, 0.25) is 0 Å². The first-order valence-corrected chi connectivity index (χ1v) is 8.51. The number of likely N-dealkylation sites (tertiary alicyclic amines) is 1. The molecule has 0 bridgehead atoms. The third-order valence-corrected chi connectivity index (χ3v) is 5.01. The Balaban J connectivity index is 1.58. The zero-order valence-electron chi connectivity index (χ0n) is 14.0. The first-order chi connectivity index (χ1) is 12.6. The minimum Gasteiger partial charge on any atom is -0.298 e. The maximum absolute atomic E-state index is 13.5. The van der Waals surface area contributed by atoms with E-state index >= 15 is 0 Å². The Labute approximate surface area is 149 Å². The molecule has 6 heteroatoms. The van der Waals surface area contributed by atoms with Gasteiger partial charge in [0.15, 0.2) is 11.6 Å². The van der Waals surface area contributed by atoms with Gasteiger partial charge in [0.25, 0.3) is 0 Å². The number of halogens is 3. The fourth-order valence-electron chi connectivity index (χ4n) is 3.75. The lowest BCUT2D eigenvalue weighted by molar-refractivity contribution is 0.322. The molecule has 0 saturated carbocycles. The predicted octanol–water partition coefficient (Wildman–Crippen LogP) is 4.21. The number of rotatable bonds is 4. The van der Waals surface area contributed by atoms with Crippen molar-refractivity contribution in [3.8, 4) is 0 Å². The van der Waals surface area contributed by atoms with Gasteiger partial charge in [-0.05, 0) is 41.5 Å². The minimum absolute atomic E-state index is 0.168. The van der Waals surface area contributed by atoms with Crippen molar-refractivity contribution < 1.29 is 13.2 Å². The van der Waals surface area contributed by atoms with Crippen molar-refractivity contribution in [3.63, 3.8) is 0 Å². The van der Waals surface area contributed by atoms with Crippen LogP contribution in [0.2, 0.25) is 0 Å². The Bertz CT molecular complexity index is 878. The van der Waals surface area contributed by atoms with E-state index in [1.54, 1.807) is 12.3 Å². The molecule has 0 aliphatic carbocycles. The van der Waals surface area contributed by atoms with Gasteiger partial charge in [-0.3, -0.25) is 10.00 Å². The quantitative estimate of drug-likeness (QED) is 0.759. The van der Waals surface area contributed by atoms with Crippen LogP contribution < -0.4 is 0 Å². The van der Waals surface area contributed by atoms with Crippen molar-refractivity contribution >= 4 is 0 Å². The topological polar surface area (TPSA) is 31.9 Å². The molecule has 26 heavy (non-hydrogen) atoms. The highest BCUT2D eigenvalue weighted by Gasteiger charge is 2.35. The number of H-pyrrole nitrogens is 1. The third kappa shape index (κ3) is 3.37. The lowest BCUT2D eigenvalue weighted by Gasteiger charge is -2.17. The van der Waals surface area contributed by atoms with Crippen LogP contribution in [0.4, 0.5) is 13.2 Å². The summed E-state index contributed by atoms with van der Waals surface area (Å²) >= 11 is 0. The second-order valence-corrected chi connectivity index (χ2v) is 6.72. The molecule has 1 aliphatic heterocycles. The molecule has 1 fully saturated rings. The van der Waals surface area contributed by atoms with E-state index in [4.69, 9.17) is 0 Å². The number of nitrogens with zero attached hydrogens (tertiary/aromatic N) is 2.